The van der Waals surface area contributed by atoms with E-state index in [2.05, 4.69) is 25.6 Å². The number of anilines is 3. The number of primary sulfonamides is 1. The molecule has 0 bridgehead atoms. The summed E-state index contributed by atoms with van der Waals surface area (Å²) < 4.78 is 22.7. The summed E-state index contributed by atoms with van der Waals surface area (Å²) in [5.74, 6) is 1.23. The molecule has 1 aliphatic carbocycles. The lowest BCUT2D eigenvalue weighted by molar-refractivity contribution is 0.462. The zero-order valence-electron chi connectivity index (χ0n) is 14.8. The van der Waals surface area contributed by atoms with Crippen molar-refractivity contribution < 1.29 is 8.42 Å². The van der Waals surface area contributed by atoms with Gasteiger partial charge in [0.05, 0.1) is 10.4 Å². The van der Waals surface area contributed by atoms with Crippen LogP contribution in [0, 0.1) is 0 Å². The molecule has 4 rings (SSSR count). The number of benzene rings is 1. The number of fused-ring (bicyclic) bond motifs is 1. The van der Waals surface area contributed by atoms with E-state index in [-0.39, 0.29) is 4.90 Å². The Hall–Kier alpha value is -2.65. The first-order valence-electron chi connectivity index (χ1n) is 9.00. The van der Waals surface area contributed by atoms with Gasteiger partial charge in [0.25, 0.3) is 0 Å². The van der Waals surface area contributed by atoms with Gasteiger partial charge in [-0.15, -0.1) is 0 Å². The average Bonchev–Trinajstić information content (AvgIpc) is 3.11. The highest BCUT2D eigenvalue weighted by atomic mass is 32.2. The maximum atomic E-state index is 11.4. The number of sulfonamides is 1. The largest absolute Gasteiger partial charge is 0.365 e. The number of hydrogen-bond donors (Lipinski definition) is 4. The summed E-state index contributed by atoms with van der Waals surface area (Å²) in [6, 6.07) is 8.50. The summed E-state index contributed by atoms with van der Waals surface area (Å²) >= 11 is 0. The van der Waals surface area contributed by atoms with Crippen LogP contribution in [0.4, 0.5) is 17.5 Å². The van der Waals surface area contributed by atoms with Crippen LogP contribution in [0.15, 0.2) is 41.4 Å². The highest BCUT2D eigenvalue weighted by Crippen LogP contribution is 2.26. The average molecular weight is 386 g/mol. The third-order valence-corrected chi connectivity index (χ3v) is 5.72. The molecule has 0 radical (unpaired) electrons. The molecule has 0 saturated heterocycles. The van der Waals surface area contributed by atoms with Crippen molar-refractivity contribution in [1.29, 1.82) is 0 Å². The minimum atomic E-state index is -3.71. The fourth-order valence-corrected chi connectivity index (χ4v) is 3.92. The molecule has 0 spiro atoms. The van der Waals surface area contributed by atoms with E-state index in [0.717, 1.165) is 29.7 Å². The normalized spacial score (nSPS) is 15.7. The van der Waals surface area contributed by atoms with Crippen LogP contribution in [0.2, 0.25) is 0 Å². The zero-order valence-corrected chi connectivity index (χ0v) is 15.6. The summed E-state index contributed by atoms with van der Waals surface area (Å²) in [4.78, 5) is 12.4. The molecule has 1 aromatic carbocycles. The second kappa shape index (κ2) is 7.16. The second-order valence-corrected chi connectivity index (χ2v) is 8.37. The van der Waals surface area contributed by atoms with E-state index in [4.69, 9.17) is 5.14 Å². The molecule has 0 atom stereocenters. The quantitative estimate of drug-likeness (QED) is 0.534. The lowest BCUT2D eigenvalue weighted by atomic mass is 9.95. The van der Waals surface area contributed by atoms with Gasteiger partial charge in [0.1, 0.15) is 5.52 Å². The zero-order chi connectivity index (χ0) is 18.9. The predicted molar refractivity (Wildman–Crippen MR) is 105 cm³/mol. The van der Waals surface area contributed by atoms with Gasteiger partial charge in [-0.25, -0.2) is 18.5 Å². The van der Waals surface area contributed by atoms with Crippen molar-refractivity contribution in [3.8, 4) is 0 Å². The lowest BCUT2D eigenvalue weighted by Gasteiger charge is -2.23. The molecule has 1 fully saturated rings. The Balaban J connectivity index is 1.60. The number of nitrogens with one attached hydrogen (secondary N) is 3. The predicted octanol–water partition coefficient (Wildman–Crippen LogP) is 3.09. The van der Waals surface area contributed by atoms with Crippen LogP contribution >= 0.6 is 0 Å². The van der Waals surface area contributed by atoms with Crippen LogP contribution in [0.1, 0.15) is 32.1 Å². The molecular formula is C18H22N6O2S. The number of hydrogen-bond acceptors (Lipinski definition) is 6. The lowest BCUT2D eigenvalue weighted by Crippen LogP contribution is -2.23. The fourth-order valence-electron chi connectivity index (χ4n) is 3.40. The second-order valence-electron chi connectivity index (χ2n) is 6.81. The third kappa shape index (κ3) is 4.04. The van der Waals surface area contributed by atoms with Gasteiger partial charge < -0.3 is 15.6 Å². The number of aromatic amines is 1. The smallest absolute Gasteiger partial charge is 0.238 e. The van der Waals surface area contributed by atoms with Crippen molar-refractivity contribution >= 4 is 38.5 Å². The van der Waals surface area contributed by atoms with Gasteiger partial charge >= 0.3 is 0 Å². The van der Waals surface area contributed by atoms with E-state index < -0.39 is 10.0 Å². The maximum Gasteiger partial charge on any atom is 0.238 e. The Morgan fingerprint density at radius 2 is 1.78 bits per heavy atom. The minimum Gasteiger partial charge on any atom is -0.365 e. The van der Waals surface area contributed by atoms with Crippen LogP contribution in [-0.4, -0.2) is 29.4 Å². The molecule has 2 aromatic heterocycles. The first-order chi connectivity index (χ1) is 13.0. The Labute approximate surface area is 157 Å². The molecule has 0 amide bonds. The first kappa shape index (κ1) is 17.7. The van der Waals surface area contributed by atoms with Crippen LogP contribution < -0.4 is 15.8 Å². The molecule has 8 nitrogen and oxygen atoms in total. The monoisotopic (exact) mass is 386 g/mol. The van der Waals surface area contributed by atoms with Crippen LogP contribution in [0.25, 0.3) is 11.0 Å². The highest BCUT2D eigenvalue weighted by Gasteiger charge is 2.17. The van der Waals surface area contributed by atoms with Crippen molar-refractivity contribution in [3.63, 3.8) is 0 Å². The van der Waals surface area contributed by atoms with E-state index >= 15 is 0 Å². The third-order valence-electron chi connectivity index (χ3n) is 4.79. The molecule has 27 heavy (non-hydrogen) atoms. The van der Waals surface area contributed by atoms with Gasteiger partial charge in [-0.1, -0.05) is 19.3 Å². The molecule has 9 heteroatoms. The van der Waals surface area contributed by atoms with Crippen molar-refractivity contribution in [3.05, 3.63) is 36.5 Å². The van der Waals surface area contributed by atoms with Crippen LogP contribution in [0.3, 0.4) is 0 Å². The van der Waals surface area contributed by atoms with Crippen molar-refractivity contribution in [2.24, 2.45) is 5.14 Å². The number of rotatable bonds is 5. The van der Waals surface area contributed by atoms with Gasteiger partial charge in [-0.2, -0.15) is 4.98 Å². The van der Waals surface area contributed by atoms with Gasteiger partial charge in [-0.05, 0) is 43.2 Å². The summed E-state index contributed by atoms with van der Waals surface area (Å²) in [5.41, 5.74) is 2.38. The maximum absolute atomic E-state index is 11.4. The fraction of sp³-hybridized carbons (Fsp3) is 0.333. The molecule has 1 aliphatic rings. The first-order valence-corrected chi connectivity index (χ1v) is 10.6. The van der Waals surface area contributed by atoms with Crippen molar-refractivity contribution in [2.75, 3.05) is 10.6 Å². The molecule has 2 heterocycles. The van der Waals surface area contributed by atoms with Gasteiger partial charge in [0.2, 0.25) is 16.0 Å². The van der Waals surface area contributed by atoms with E-state index in [1.165, 1.54) is 31.4 Å². The van der Waals surface area contributed by atoms with Crippen LogP contribution in [-0.2, 0) is 10.0 Å². The number of H-pyrrole nitrogens is 1. The molecule has 0 unspecified atom stereocenters. The Morgan fingerprint density at radius 3 is 2.48 bits per heavy atom. The van der Waals surface area contributed by atoms with Crippen LogP contribution in [0.5, 0.6) is 0 Å². The topological polar surface area (TPSA) is 126 Å². The number of aromatic nitrogens is 3. The standard InChI is InChI=1S/C18H22N6O2S/c19-27(25,26)14-8-6-13(7-9-14)22-18-23-15-10-11-20-16(15)17(24-18)21-12-4-2-1-3-5-12/h6-12,20H,1-5H2,(H2,19,25,26)(H2,21,22,23,24). The van der Waals surface area contributed by atoms with Crippen molar-refractivity contribution in [2.45, 2.75) is 43.0 Å². The van der Waals surface area contributed by atoms with Gasteiger partial charge in [0.15, 0.2) is 5.82 Å². The molecule has 5 N–H and O–H groups in total. The molecule has 142 valence electrons. The molecule has 1 saturated carbocycles. The molecule has 3 aromatic rings. The van der Waals surface area contributed by atoms with E-state index in [1.807, 2.05) is 12.3 Å². The Bertz CT molecular complexity index is 1040. The summed E-state index contributed by atoms with van der Waals surface area (Å²) in [7, 11) is -3.71. The minimum absolute atomic E-state index is 0.0645. The van der Waals surface area contributed by atoms with E-state index in [1.54, 1.807) is 12.1 Å². The Kier molecular flexibility index (Phi) is 4.71. The van der Waals surface area contributed by atoms with Crippen molar-refractivity contribution in [1.82, 2.24) is 15.0 Å². The van der Waals surface area contributed by atoms with Gasteiger partial charge in [-0.3, -0.25) is 0 Å². The SMILES string of the molecule is NS(=O)(=O)c1ccc(Nc2nc(NC3CCCCC3)c3[nH]ccc3n2)cc1. The Morgan fingerprint density at radius 1 is 1.04 bits per heavy atom. The summed E-state index contributed by atoms with van der Waals surface area (Å²) in [5, 5.41) is 11.8. The number of nitrogens with zero attached hydrogens (tertiary/aromatic N) is 2. The van der Waals surface area contributed by atoms with Gasteiger partial charge in [0, 0.05) is 17.9 Å². The number of nitrogens with two attached hydrogens (primary N) is 1. The summed E-state index contributed by atoms with van der Waals surface area (Å²) in [6.07, 6.45) is 7.89. The van der Waals surface area contributed by atoms with E-state index in [9.17, 15) is 8.42 Å². The summed E-state index contributed by atoms with van der Waals surface area (Å²) in [6.45, 7) is 0. The van der Waals surface area contributed by atoms with E-state index in [0.29, 0.717) is 17.7 Å². The molecular weight excluding hydrogens is 364 g/mol. The molecule has 0 aliphatic heterocycles. The highest BCUT2D eigenvalue weighted by molar-refractivity contribution is 7.89.